The van der Waals surface area contributed by atoms with E-state index in [9.17, 15) is 0 Å². The summed E-state index contributed by atoms with van der Waals surface area (Å²) in [4.78, 5) is 0. The van der Waals surface area contributed by atoms with E-state index in [1.54, 1.807) is 0 Å². The summed E-state index contributed by atoms with van der Waals surface area (Å²) in [7, 11) is 0. The molecule has 68 valence electrons. The molecular weight excluding hydrogens is 200 g/mol. The lowest BCUT2D eigenvalue weighted by Gasteiger charge is -2.14. The average Bonchev–Trinajstić information content (AvgIpc) is 2.06. The molecule has 0 radical (unpaired) electrons. The fourth-order valence-corrected chi connectivity index (χ4v) is 1.62. The third-order valence-electron chi connectivity index (χ3n) is 2.49. The van der Waals surface area contributed by atoms with Crippen LogP contribution < -0.4 is 0 Å². The Hall–Kier alpha value is 0.480. The van der Waals surface area contributed by atoms with Gasteiger partial charge in [-0.2, -0.15) is 0 Å². The van der Waals surface area contributed by atoms with Gasteiger partial charge in [-0.15, -0.1) is 0 Å². The Morgan fingerprint density at radius 2 is 1.64 bits per heavy atom. The first-order chi connectivity index (χ1) is 5.24. The predicted molar refractivity (Wildman–Crippen MR) is 56.3 cm³/mol. The molecule has 0 aromatic heterocycles. The van der Waals surface area contributed by atoms with Crippen LogP contribution in [0.1, 0.15) is 46.5 Å². The Kier molecular flexibility index (Phi) is 7.46. The van der Waals surface area contributed by atoms with Crippen molar-refractivity contribution in [3.63, 3.8) is 0 Å². The van der Waals surface area contributed by atoms with Crippen LogP contribution >= 0.6 is 15.9 Å². The van der Waals surface area contributed by atoms with Gasteiger partial charge in [-0.1, -0.05) is 56.0 Å². The van der Waals surface area contributed by atoms with Gasteiger partial charge in [0.25, 0.3) is 0 Å². The van der Waals surface area contributed by atoms with E-state index in [4.69, 9.17) is 0 Å². The predicted octanol–water partition coefficient (Wildman–Crippen LogP) is 4.23. The van der Waals surface area contributed by atoms with Crippen molar-refractivity contribution in [1.82, 2.24) is 0 Å². The van der Waals surface area contributed by atoms with Crippen molar-refractivity contribution in [2.24, 2.45) is 11.8 Å². The van der Waals surface area contributed by atoms with Gasteiger partial charge >= 0.3 is 0 Å². The summed E-state index contributed by atoms with van der Waals surface area (Å²) >= 11 is 3.51. The Balaban J connectivity index is 3.34. The molecule has 0 amide bonds. The second-order valence-corrected chi connectivity index (χ2v) is 4.17. The minimum absolute atomic E-state index is 0.857. The number of rotatable bonds is 6. The highest BCUT2D eigenvalue weighted by Crippen LogP contribution is 2.19. The lowest BCUT2D eigenvalue weighted by molar-refractivity contribution is 0.406. The molecule has 0 aromatic rings. The fraction of sp³-hybridized carbons (Fsp3) is 1.00. The highest BCUT2D eigenvalue weighted by Gasteiger charge is 2.05. The number of halogens is 1. The van der Waals surface area contributed by atoms with Crippen LogP contribution in [-0.2, 0) is 0 Å². The summed E-state index contributed by atoms with van der Waals surface area (Å²) in [6.45, 7) is 6.91. The second kappa shape index (κ2) is 7.15. The summed E-state index contributed by atoms with van der Waals surface area (Å²) < 4.78 is 0. The van der Waals surface area contributed by atoms with Crippen LogP contribution in [0.15, 0.2) is 0 Å². The zero-order valence-electron chi connectivity index (χ0n) is 8.07. The Bertz CT molecular complexity index is 76.9. The van der Waals surface area contributed by atoms with E-state index in [2.05, 4.69) is 36.7 Å². The zero-order chi connectivity index (χ0) is 8.69. The molecule has 0 aliphatic rings. The molecule has 0 N–H and O–H groups in total. The smallest absolute Gasteiger partial charge is 0.00570 e. The van der Waals surface area contributed by atoms with Crippen LogP contribution in [0.3, 0.4) is 0 Å². The topological polar surface area (TPSA) is 0 Å². The molecule has 0 aliphatic carbocycles. The van der Waals surface area contributed by atoms with Crippen molar-refractivity contribution < 1.29 is 0 Å². The highest BCUT2D eigenvalue weighted by molar-refractivity contribution is 9.09. The second-order valence-electron chi connectivity index (χ2n) is 3.52. The first-order valence-electron chi connectivity index (χ1n) is 4.80. The molecule has 0 nitrogen and oxygen atoms in total. The average molecular weight is 221 g/mol. The van der Waals surface area contributed by atoms with Crippen molar-refractivity contribution in [2.75, 3.05) is 5.33 Å². The molecule has 0 aromatic carbocycles. The van der Waals surface area contributed by atoms with E-state index in [0.717, 1.165) is 17.2 Å². The third-order valence-corrected chi connectivity index (χ3v) is 3.59. The maximum atomic E-state index is 3.51. The van der Waals surface area contributed by atoms with Crippen molar-refractivity contribution in [1.29, 1.82) is 0 Å². The molecule has 1 atom stereocenters. The molecular formula is C10H21Br. The molecule has 1 unspecified atom stereocenters. The summed E-state index contributed by atoms with van der Waals surface area (Å²) in [6, 6.07) is 0. The van der Waals surface area contributed by atoms with Crippen LogP contribution in [0.2, 0.25) is 0 Å². The van der Waals surface area contributed by atoms with Gasteiger partial charge in [-0.3, -0.25) is 0 Å². The minimum Gasteiger partial charge on any atom is -0.0925 e. The molecule has 0 bridgehead atoms. The number of hydrogen-bond acceptors (Lipinski definition) is 0. The molecule has 0 heterocycles. The van der Waals surface area contributed by atoms with E-state index < -0.39 is 0 Å². The van der Waals surface area contributed by atoms with Gasteiger partial charge in [0.2, 0.25) is 0 Å². The Morgan fingerprint density at radius 3 is 2.00 bits per heavy atom. The highest BCUT2D eigenvalue weighted by atomic mass is 79.9. The maximum Gasteiger partial charge on any atom is 0.00570 e. The first kappa shape index (κ1) is 11.5. The molecule has 0 saturated carbocycles. The summed E-state index contributed by atoms with van der Waals surface area (Å²) in [5.41, 5.74) is 0. The van der Waals surface area contributed by atoms with Crippen LogP contribution in [0.25, 0.3) is 0 Å². The summed E-state index contributed by atoms with van der Waals surface area (Å²) in [5.74, 6) is 1.83. The van der Waals surface area contributed by atoms with Crippen molar-refractivity contribution >= 4 is 15.9 Å². The fourth-order valence-electron chi connectivity index (χ4n) is 1.29. The summed E-state index contributed by atoms with van der Waals surface area (Å²) in [6.07, 6.45) is 5.51. The van der Waals surface area contributed by atoms with Crippen LogP contribution in [0.5, 0.6) is 0 Å². The quantitative estimate of drug-likeness (QED) is 0.588. The van der Waals surface area contributed by atoms with Crippen molar-refractivity contribution in [3.8, 4) is 0 Å². The molecule has 11 heavy (non-hydrogen) atoms. The lowest BCUT2D eigenvalue weighted by atomic mass is 9.94. The molecule has 0 saturated heterocycles. The van der Waals surface area contributed by atoms with Gasteiger partial charge in [0.05, 0.1) is 0 Å². The normalized spacial score (nSPS) is 13.9. The SMILES string of the molecule is CCC(CC)CCC(C)CBr. The van der Waals surface area contributed by atoms with E-state index in [1.807, 2.05) is 0 Å². The molecule has 0 aliphatic heterocycles. The van der Waals surface area contributed by atoms with E-state index in [1.165, 1.54) is 25.7 Å². The van der Waals surface area contributed by atoms with Gasteiger partial charge in [-0.25, -0.2) is 0 Å². The van der Waals surface area contributed by atoms with Gasteiger partial charge in [0.1, 0.15) is 0 Å². The maximum absolute atomic E-state index is 3.51. The first-order valence-corrected chi connectivity index (χ1v) is 5.92. The third kappa shape index (κ3) is 5.72. The standard InChI is InChI=1S/C10H21Br/c1-4-10(5-2)7-6-9(3)8-11/h9-10H,4-8H2,1-3H3. The molecule has 0 rings (SSSR count). The zero-order valence-corrected chi connectivity index (χ0v) is 9.65. The van der Waals surface area contributed by atoms with Gasteiger partial charge in [-0.05, 0) is 18.3 Å². The van der Waals surface area contributed by atoms with Crippen LogP contribution in [0.4, 0.5) is 0 Å². The largest absolute Gasteiger partial charge is 0.0925 e. The number of alkyl halides is 1. The van der Waals surface area contributed by atoms with Gasteiger partial charge in [0, 0.05) is 5.33 Å². The van der Waals surface area contributed by atoms with Crippen molar-refractivity contribution in [3.05, 3.63) is 0 Å². The van der Waals surface area contributed by atoms with E-state index in [-0.39, 0.29) is 0 Å². The molecule has 1 heteroatoms. The van der Waals surface area contributed by atoms with E-state index in [0.29, 0.717) is 0 Å². The summed E-state index contributed by atoms with van der Waals surface area (Å²) in [5, 5.41) is 1.16. The molecule has 0 spiro atoms. The van der Waals surface area contributed by atoms with Crippen LogP contribution in [-0.4, -0.2) is 5.33 Å². The molecule has 0 fully saturated rings. The van der Waals surface area contributed by atoms with Gasteiger partial charge in [0.15, 0.2) is 0 Å². The Morgan fingerprint density at radius 1 is 1.09 bits per heavy atom. The van der Waals surface area contributed by atoms with Gasteiger partial charge < -0.3 is 0 Å². The number of hydrogen-bond donors (Lipinski definition) is 0. The minimum atomic E-state index is 0.857. The van der Waals surface area contributed by atoms with E-state index >= 15 is 0 Å². The Labute approximate surface area is 79.9 Å². The lowest BCUT2D eigenvalue weighted by Crippen LogP contribution is -2.02. The monoisotopic (exact) mass is 220 g/mol. The van der Waals surface area contributed by atoms with Crippen molar-refractivity contribution in [2.45, 2.75) is 46.5 Å². The van der Waals surface area contributed by atoms with Crippen LogP contribution in [0, 0.1) is 11.8 Å².